The van der Waals surface area contributed by atoms with Gasteiger partial charge in [-0.3, -0.25) is 19.6 Å². The maximum Gasteiger partial charge on any atom is 0.255 e. The second kappa shape index (κ2) is 6.34. The molecule has 1 amide bonds. The smallest absolute Gasteiger partial charge is 0.255 e. The molecule has 0 aromatic carbocycles. The largest absolute Gasteiger partial charge is 0.392 e. The fourth-order valence-electron chi connectivity index (χ4n) is 4.93. The molecule has 6 heteroatoms. The van der Waals surface area contributed by atoms with Crippen molar-refractivity contribution >= 4 is 5.91 Å². The van der Waals surface area contributed by atoms with Gasteiger partial charge in [0.25, 0.3) is 5.91 Å². The van der Waals surface area contributed by atoms with Crippen molar-refractivity contribution in [3.63, 3.8) is 0 Å². The Bertz CT molecular complexity index is 630. The molecular formula is C19H28N4O2. The van der Waals surface area contributed by atoms with E-state index in [4.69, 9.17) is 0 Å². The van der Waals surface area contributed by atoms with Crippen molar-refractivity contribution in [2.45, 2.75) is 38.0 Å². The van der Waals surface area contributed by atoms with Crippen molar-refractivity contribution in [1.82, 2.24) is 19.7 Å². The molecule has 2 atom stereocenters. The number of rotatable bonds is 3. The molecular weight excluding hydrogens is 316 g/mol. The number of piperazine rings is 1. The predicted molar refractivity (Wildman–Crippen MR) is 95.3 cm³/mol. The summed E-state index contributed by atoms with van der Waals surface area (Å²) in [6, 6.07) is 4.05. The summed E-state index contributed by atoms with van der Waals surface area (Å²) in [5.41, 5.74) is 0.665. The van der Waals surface area contributed by atoms with Gasteiger partial charge < -0.3 is 10.0 Å². The molecule has 0 aliphatic carbocycles. The fourth-order valence-corrected chi connectivity index (χ4v) is 4.93. The maximum atomic E-state index is 12.7. The van der Waals surface area contributed by atoms with Crippen molar-refractivity contribution in [3.8, 4) is 0 Å². The molecule has 0 bridgehead atoms. The SMILES string of the molecule is CC(C)CN1CC2CC(O)CN2C2(C1)CN(C(=O)c1cccnc1)C2. The number of aliphatic hydroxyl groups is 1. The second-order valence-electron chi connectivity index (χ2n) is 8.41. The van der Waals surface area contributed by atoms with Crippen LogP contribution < -0.4 is 0 Å². The average molecular weight is 344 g/mol. The number of amides is 1. The van der Waals surface area contributed by atoms with Gasteiger partial charge in [0.2, 0.25) is 0 Å². The standard InChI is InChI=1S/C19H28N4O2/c1-14(2)8-21-9-16-6-17(24)10-23(16)19(11-21)12-22(13-19)18(25)15-4-3-5-20-7-15/h3-5,7,14,16-17,24H,6,8-13H2,1-2H3. The van der Waals surface area contributed by atoms with Crippen LogP contribution in [-0.2, 0) is 0 Å². The Morgan fingerprint density at radius 1 is 1.36 bits per heavy atom. The van der Waals surface area contributed by atoms with Crippen LogP contribution in [0.2, 0.25) is 0 Å². The predicted octanol–water partition coefficient (Wildman–Crippen LogP) is 0.683. The molecule has 136 valence electrons. The molecule has 3 aliphatic rings. The quantitative estimate of drug-likeness (QED) is 0.874. The summed E-state index contributed by atoms with van der Waals surface area (Å²) in [5.74, 6) is 0.694. The number of β-amino-alcohol motifs (C(OH)–C–C–N with tert-alkyl or cyclic N) is 1. The van der Waals surface area contributed by atoms with Gasteiger partial charge in [-0.05, 0) is 24.5 Å². The van der Waals surface area contributed by atoms with Crippen LogP contribution in [-0.4, -0.2) is 87.7 Å². The van der Waals surface area contributed by atoms with E-state index in [0.717, 1.165) is 45.7 Å². The van der Waals surface area contributed by atoms with E-state index >= 15 is 0 Å². The number of aliphatic hydroxyl groups excluding tert-OH is 1. The molecule has 3 fully saturated rings. The van der Waals surface area contributed by atoms with Crippen LogP contribution in [0.5, 0.6) is 0 Å². The van der Waals surface area contributed by atoms with Crippen LogP contribution in [0.3, 0.4) is 0 Å². The van der Waals surface area contributed by atoms with E-state index in [1.54, 1.807) is 18.5 Å². The van der Waals surface area contributed by atoms with Gasteiger partial charge in [0.05, 0.1) is 17.2 Å². The van der Waals surface area contributed by atoms with Crippen LogP contribution in [0.25, 0.3) is 0 Å². The number of hydrogen-bond donors (Lipinski definition) is 1. The minimum Gasteiger partial charge on any atom is -0.392 e. The van der Waals surface area contributed by atoms with Crippen LogP contribution in [0.4, 0.5) is 0 Å². The third-order valence-electron chi connectivity index (χ3n) is 5.78. The van der Waals surface area contributed by atoms with Crippen LogP contribution >= 0.6 is 0 Å². The van der Waals surface area contributed by atoms with Gasteiger partial charge in [-0.25, -0.2) is 0 Å². The zero-order chi connectivity index (χ0) is 17.6. The number of nitrogens with zero attached hydrogens (tertiary/aromatic N) is 4. The minimum absolute atomic E-state index is 0.00710. The number of hydrogen-bond acceptors (Lipinski definition) is 5. The molecule has 1 aromatic rings. The van der Waals surface area contributed by atoms with E-state index < -0.39 is 0 Å². The highest BCUT2D eigenvalue weighted by molar-refractivity contribution is 5.94. The molecule has 4 rings (SSSR count). The molecule has 0 saturated carbocycles. The van der Waals surface area contributed by atoms with E-state index in [-0.39, 0.29) is 17.6 Å². The Labute approximate surface area is 149 Å². The summed E-state index contributed by atoms with van der Waals surface area (Å²) in [7, 11) is 0. The Kier molecular flexibility index (Phi) is 4.30. The molecule has 1 spiro atoms. The third-order valence-corrected chi connectivity index (χ3v) is 5.78. The number of pyridine rings is 1. The number of aromatic nitrogens is 1. The average Bonchev–Trinajstić information content (AvgIpc) is 2.92. The first-order chi connectivity index (χ1) is 12.0. The minimum atomic E-state index is -0.232. The molecule has 3 aliphatic heterocycles. The van der Waals surface area contributed by atoms with Crippen LogP contribution in [0, 0.1) is 5.92 Å². The number of carbonyl (C=O) groups is 1. The molecule has 2 unspecified atom stereocenters. The molecule has 1 aromatic heterocycles. The van der Waals surface area contributed by atoms with Crippen molar-refractivity contribution in [3.05, 3.63) is 30.1 Å². The summed E-state index contributed by atoms with van der Waals surface area (Å²) in [6.45, 7) is 9.85. The first kappa shape index (κ1) is 16.9. The van der Waals surface area contributed by atoms with E-state index in [1.165, 1.54) is 0 Å². The molecule has 1 N–H and O–H groups in total. The Morgan fingerprint density at radius 2 is 2.16 bits per heavy atom. The highest BCUT2D eigenvalue weighted by Gasteiger charge is 2.57. The lowest BCUT2D eigenvalue weighted by atomic mass is 9.83. The Hall–Kier alpha value is -1.50. The van der Waals surface area contributed by atoms with Crippen molar-refractivity contribution in [1.29, 1.82) is 0 Å². The first-order valence-electron chi connectivity index (χ1n) is 9.33. The van der Waals surface area contributed by atoms with Gasteiger partial charge in [-0.15, -0.1) is 0 Å². The lowest BCUT2D eigenvalue weighted by Crippen LogP contribution is -2.78. The Balaban J connectivity index is 1.49. The highest BCUT2D eigenvalue weighted by Crippen LogP contribution is 2.39. The van der Waals surface area contributed by atoms with Crippen LogP contribution in [0.1, 0.15) is 30.6 Å². The molecule has 0 radical (unpaired) electrons. The van der Waals surface area contributed by atoms with E-state index in [0.29, 0.717) is 17.5 Å². The summed E-state index contributed by atoms with van der Waals surface area (Å²) in [6.07, 6.45) is 3.95. The fraction of sp³-hybridized carbons (Fsp3) is 0.684. The van der Waals surface area contributed by atoms with E-state index in [1.807, 2.05) is 11.0 Å². The molecule has 6 nitrogen and oxygen atoms in total. The zero-order valence-corrected chi connectivity index (χ0v) is 15.1. The number of likely N-dealkylation sites (tertiary alicyclic amines) is 1. The summed E-state index contributed by atoms with van der Waals surface area (Å²) < 4.78 is 0. The normalized spacial score (nSPS) is 29.0. The maximum absolute atomic E-state index is 12.7. The topological polar surface area (TPSA) is 59.9 Å². The zero-order valence-electron chi connectivity index (χ0n) is 15.1. The molecule has 3 saturated heterocycles. The van der Waals surface area contributed by atoms with Gasteiger partial charge in [0.1, 0.15) is 0 Å². The van der Waals surface area contributed by atoms with Gasteiger partial charge >= 0.3 is 0 Å². The first-order valence-corrected chi connectivity index (χ1v) is 9.33. The van der Waals surface area contributed by atoms with Crippen molar-refractivity contribution in [2.75, 3.05) is 39.3 Å². The molecule has 25 heavy (non-hydrogen) atoms. The third kappa shape index (κ3) is 3.07. The van der Waals surface area contributed by atoms with Crippen molar-refractivity contribution < 1.29 is 9.90 Å². The van der Waals surface area contributed by atoms with E-state index in [2.05, 4.69) is 28.6 Å². The summed E-state index contributed by atoms with van der Waals surface area (Å²) >= 11 is 0. The lowest BCUT2D eigenvalue weighted by Gasteiger charge is -2.61. The van der Waals surface area contributed by atoms with Gasteiger partial charge in [0.15, 0.2) is 0 Å². The molecule has 4 heterocycles. The Morgan fingerprint density at radius 3 is 2.84 bits per heavy atom. The number of fused-ring (bicyclic) bond motifs is 2. The van der Waals surface area contributed by atoms with Crippen molar-refractivity contribution in [2.24, 2.45) is 5.92 Å². The number of carbonyl (C=O) groups excluding carboxylic acids is 1. The van der Waals surface area contributed by atoms with Crippen LogP contribution in [0.15, 0.2) is 24.5 Å². The second-order valence-corrected chi connectivity index (χ2v) is 8.41. The van der Waals surface area contributed by atoms with Gasteiger partial charge in [0, 0.05) is 57.7 Å². The highest BCUT2D eigenvalue weighted by atomic mass is 16.3. The van der Waals surface area contributed by atoms with Gasteiger partial charge in [-0.2, -0.15) is 0 Å². The van der Waals surface area contributed by atoms with E-state index in [9.17, 15) is 9.90 Å². The van der Waals surface area contributed by atoms with Gasteiger partial charge in [-0.1, -0.05) is 13.8 Å². The lowest BCUT2D eigenvalue weighted by molar-refractivity contribution is -0.102. The summed E-state index contributed by atoms with van der Waals surface area (Å²) in [5, 5.41) is 10.2. The summed E-state index contributed by atoms with van der Waals surface area (Å²) in [4.78, 5) is 23.7. The monoisotopic (exact) mass is 344 g/mol.